The molecule has 4 nitrogen and oxygen atoms in total. The Hall–Kier alpha value is -2.14. The van der Waals surface area contributed by atoms with E-state index in [1.54, 1.807) is 24.3 Å². The molecule has 0 saturated heterocycles. The Morgan fingerprint density at radius 3 is 2.43 bits per heavy atom. The Balaban J connectivity index is 0.00000104. The molecule has 5 heteroatoms. The molecule has 4 rings (SSSR count). The largest absolute Gasteiger partial charge is 1.00 e. The van der Waals surface area contributed by atoms with Crippen LogP contribution in [0.15, 0.2) is 65.5 Å². The monoisotopic (exact) mass is 312 g/mol. The van der Waals surface area contributed by atoms with Gasteiger partial charge in [0.15, 0.2) is 0 Å². The zero-order valence-corrected chi connectivity index (χ0v) is 14.6. The standard InChI is InChI=1S/C18H12N2O2.Na.H/c21-13-8-5-12(6-9-13)16-15-10-7-11-3-1-2-4-14(11)17(15)20-18(22)19-16;;/h1-10,21H,(H,19,20,22);;/q;+1;-1. The van der Waals surface area contributed by atoms with Gasteiger partial charge in [-0.3, -0.25) is 0 Å². The number of nitrogens with zero attached hydrogens (tertiary/aromatic N) is 1. The van der Waals surface area contributed by atoms with Crippen LogP contribution in [0.1, 0.15) is 1.43 Å². The molecule has 0 aliphatic rings. The molecule has 1 aromatic heterocycles. The Labute approximate surface area is 155 Å². The van der Waals surface area contributed by atoms with Crippen molar-refractivity contribution in [2.24, 2.45) is 0 Å². The summed E-state index contributed by atoms with van der Waals surface area (Å²) in [5.41, 5.74) is 1.81. The molecule has 23 heavy (non-hydrogen) atoms. The number of rotatable bonds is 1. The number of benzene rings is 3. The summed E-state index contributed by atoms with van der Waals surface area (Å²) in [4.78, 5) is 18.9. The molecule has 0 fully saturated rings. The van der Waals surface area contributed by atoms with Gasteiger partial charge < -0.3 is 11.5 Å². The zero-order chi connectivity index (χ0) is 15.1. The van der Waals surface area contributed by atoms with Crippen molar-refractivity contribution in [2.45, 2.75) is 0 Å². The van der Waals surface area contributed by atoms with Crippen LogP contribution >= 0.6 is 0 Å². The average molecular weight is 312 g/mol. The molecular formula is C18H13N2NaO2. The molecule has 0 saturated carbocycles. The molecule has 0 spiro atoms. The fourth-order valence-electron chi connectivity index (χ4n) is 2.74. The Kier molecular flexibility index (Phi) is 4.22. The molecule has 3 aromatic carbocycles. The number of aromatic hydroxyl groups is 1. The predicted octanol–water partition coefficient (Wildman–Crippen LogP) is 0.565. The van der Waals surface area contributed by atoms with E-state index < -0.39 is 0 Å². The number of phenolic OH excluding ortho intramolecular Hbond substituents is 1. The number of nitrogens with one attached hydrogen (secondary N) is 1. The third kappa shape index (κ3) is 2.77. The second-order valence-corrected chi connectivity index (χ2v) is 5.15. The van der Waals surface area contributed by atoms with Crippen LogP contribution < -0.4 is 35.2 Å². The van der Waals surface area contributed by atoms with Crippen LogP contribution in [0, 0.1) is 0 Å². The Morgan fingerprint density at radius 1 is 0.913 bits per heavy atom. The number of fused-ring (bicyclic) bond motifs is 3. The van der Waals surface area contributed by atoms with Gasteiger partial charge in [0.2, 0.25) is 0 Å². The molecule has 1 heterocycles. The van der Waals surface area contributed by atoms with Crippen LogP contribution in [0.3, 0.4) is 0 Å². The second-order valence-electron chi connectivity index (χ2n) is 5.15. The maximum atomic E-state index is 12.0. The van der Waals surface area contributed by atoms with Gasteiger partial charge in [0.05, 0.1) is 11.2 Å². The molecule has 4 aromatic rings. The smallest absolute Gasteiger partial charge is 1.00 e. The number of hydrogen-bond acceptors (Lipinski definition) is 3. The molecule has 0 amide bonds. The minimum Gasteiger partial charge on any atom is -1.00 e. The van der Waals surface area contributed by atoms with E-state index >= 15 is 0 Å². The molecular weight excluding hydrogens is 299 g/mol. The van der Waals surface area contributed by atoms with Crippen molar-refractivity contribution in [1.29, 1.82) is 0 Å². The van der Waals surface area contributed by atoms with Gasteiger partial charge in [-0.25, -0.2) is 4.79 Å². The van der Waals surface area contributed by atoms with Gasteiger partial charge in [-0.2, -0.15) is 4.98 Å². The minimum atomic E-state index is -0.382. The normalized spacial score (nSPS) is 10.6. The summed E-state index contributed by atoms with van der Waals surface area (Å²) >= 11 is 0. The maximum absolute atomic E-state index is 12.0. The molecule has 0 aliphatic heterocycles. The van der Waals surface area contributed by atoms with E-state index in [0.29, 0.717) is 5.69 Å². The molecule has 0 atom stereocenters. The van der Waals surface area contributed by atoms with E-state index in [4.69, 9.17) is 0 Å². The van der Waals surface area contributed by atoms with E-state index in [1.165, 1.54) is 0 Å². The van der Waals surface area contributed by atoms with Gasteiger partial charge in [0.25, 0.3) is 0 Å². The third-order valence-electron chi connectivity index (χ3n) is 3.77. The molecule has 108 valence electrons. The average Bonchev–Trinajstić information content (AvgIpc) is 2.55. The van der Waals surface area contributed by atoms with E-state index in [0.717, 1.165) is 27.2 Å². The molecule has 0 radical (unpaired) electrons. The summed E-state index contributed by atoms with van der Waals surface area (Å²) in [6, 6.07) is 18.6. The van der Waals surface area contributed by atoms with Crippen LogP contribution in [-0.2, 0) is 0 Å². The van der Waals surface area contributed by atoms with Gasteiger partial charge in [-0.05, 0) is 29.7 Å². The second kappa shape index (κ2) is 6.16. The Morgan fingerprint density at radius 2 is 1.65 bits per heavy atom. The van der Waals surface area contributed by atoms with Crippen LogP contribution in [0.5, 0.6) is 5.75 Å². The van der Waals surface area contributed by atoms with Crippen molar-refractivity contribution in [3.8, 4) is 17.0 Å². The van der Waals surface area contributed by atoms with Crippen molar-refractivity contribution >= 4 is 21.7 Å². The number of phenols is 1. The molecule has 0 aliphatic carbocycles. The number of aromatic amines is 1. The maximum Gasteiger partial charge on any atom is 1.00 e. The van der Waals surface area contributed by atoms with Gasteiger partial charge in [-0.15, -0.1) is 0 Å². The van der Waals surface area contributed by atoms with E-state index in [1.807, 2.05) is 36.4 Å². The van der Waals surface area contributed by atoms with Crippen molar-refractivity contribution < 1.29 is 36.1 Å². The van der Waals surface area contributed by atoms with Crippen LogP contribution in [0.25, 0.3) is 32.9 Å². The molecule has 0 unspecified atom stereocenters. The predicted molar refractivity (Wildman–Crippen MR) is 88.1 cm³/mol. The van der Waals surface area contributed by atoms with Crippen molar-refractivity contribution in [2.75, 3.05) is 0 Å². The first-order valence-electron chi connectivity index (χ1n) is 6.93. The summed E-state index contributed by atoms with van der Waals surface area (Å²) < 4.78 is 0. The molecule has 2 N–H and O–H groups in total. The van der Waals surface area contributed by atoms with E-state index in [9.17, 15) is 9.90 Å². The summed E-state index contributed by atoms with van der Waals surface area (Å²) in [6.45, 7) is 0. The Bertz CT molecular complexity index is 1060. The summed E-state index contributed by atoms with van der Waals surface area (Å²) in [5, 5.41) is 12.4. The fraction of sp³-hybridized carbons (Fsp3) is 0. The fourth-order valence-corrected chi connectivity index (χ4v) is 2.74. The number of aromatic nitrogens is 2. The summed E-state index contributed by atoms with van der Waals surface area (Å²) in [6.07, 6.45) is 0. The van der Waals surface area contributed by atoms with E-state index in [2.05, 4.69) is 9.97 Å². The van der Waals surface area contributed by atoms with Gasteiger partial charge in [0, 0.05) is 16.3 Å². The van der Waals surface area contributed by atoms with E-state index in [-0.39, 0.29) is 42.4 Å². The number of H-pyrrole nitrogens is 1. The summed E-state index contributed by atoms with van der Waals surface area (Å²) in [5.74, 6) is 0.184. The summed E-state index contributed by atoms with van der Waals surface area (Å²) in [7, 11) is 0. The quantitative estimate of drug-likeness (QED) is 0.399. The van der Waals surface area contributed by atoms with Crippen molar-refractivity contribution in [1.82, 2.24) is 9.97 Å². The topological polar surface area (TPSA) is 66.0 Å². The van der Waals surface area contributed by atoms with Crippen molar-refractivity contribution in [3.05, 3.63) is 71.1 Å². The van der Waals surface area contributed by atoms with Gasteiger partial charge in [0.1, 0.15) is 5.75 Å². The first-order chi connectivity index (χ1) is 10.7. The zero-order valence-electron chi connectivity index (χ0n) is 13.6. The molecule has 0 bridgehead atoms. The first kappa shape index (κ1) is 15.7. The van der Waals surface area contributed by atoms with Gasteiger partial charge >= 0.3 is 35.2 Å². The van der Waals surface area contributed by atoms with Gasteiger partial charge in [-0.1, -0.05) is 36.4 Å². The van der Waals surface area contributed by atoms with Crippen molar-refractivity contribution in [3.63, 3.8) is 0 Å². The third-order valence-corrected chi connectivity index (χ3v) is 3.77. The first-order valence-corrected chi connectivity index (χ1v) is 6.93. The SMILES string of the molecule is O=c1nc(-c2ccc(O)cc2)c2ccc3ccccc3c2[nH]1.[H-].[Na+]. The van der Waals surface area contributed by atoms with Crippen LogP contribution in [-0.4, -0.2) is 15.1 Å². The van der Waals surface area contributed by atoms with Crippen LogP contribution in [0.4, 0.5) is 0 Å². The minimum absolute atomic E-state index is 0. The number of hydrogen-bond donors (Lipinski definition) is 2. The van der Waals surface area contributed by atoms with Crippen LogP contribution in [0.2, 0.25) is 0 Å².